The van der Waals surface area contributed by atoms with Gasteiger partial charge in [0.05, 0.1) is 0 Å². The minimum Gasteiger partial charge on any atom is -0.436 e. The van der Waals surface area contributed by atoms with Crippen molar-refractivity contribution in [1.29, 1.82) is 0 Å². The van der Waals surface area contributed by atoms with Crippen molar-refractivity contribution in [1.82, 2.24) is 9.97 Å². The van der Waals surface area contributed by atoms with Gasteiger partial charge in [0.1, 0.15) is 0 Å². The topological polar surface area (TPSA) is 78.0 Å². The zero-order valence-corrected chi connectivity index (χ0v) is 28.9. The van der Waals surface area contributed by atoms with Crippen molar-refractivity contribution in [3.05, 3.63) is 168 Å². The fourth-order valence-corrected chi connectivity index (χ4v) is 3.72. The van der Waals surface area contributed by atoms with E-state index in [0.717, 1.165) is 34.4 Å². The molecule has 2 N–H and O–H groups in total. The predicted octanol–water partition coefficient (Wildman–Crippen LogP) is 12.4. The summed E-state index contributed by atoms with van der Waals surface area (Å²) in [5.74, 6) is 2.95. The molecule has 10 heteroatoms. The van der Waals surface area contributed by atoms with E-state index in [1.807, 2.05) is 158 Å². The molecule has 6 aromatic rings. The van der Waals surface area contributed by atoms with Gasteiger partial charge in [0.2, 0.25) is 0 Å². The molecular weight excluding hydrogens is 780 g/mol. The van der Waals surface area contributed by atoms with Crippen LogP contribution in [-0.4, -0.2) is 9.97 Å². The maximum Gasteiger partial charge on any atom is 0.0381 e. The summed E-state index contributed by atoms with van der Waals surface area (Å²) >= 11 is -2.18. The fraction of sp³-hybridized carbons (Fsp3) is 0. The van der Waals surface area contributed by atoms with E-state index in [2.05, 4.69) is 31.2 Å². The molecule has 0 bridgehead atoms. The second-order valence-corrected chi connectivity index (χ2v) is 22.8. The van der Waals surface area contributed by atoms with E-state index in [1.54, 1.807) is 0 Å². The number of hydrogen-bond acceptors (Lipinski definition) is 4. The number of hydrogen-bond donors (Lipinski definition) is 2. The van der Waals surface area contributed by atoms with Gasteiger partial charge in [0.25, 0.3) is 0 Å². The van der Waals surface area contributed by atoms with Gasteiger partial charge in [-0.15, -0.1) is 0 Å². The molecule has 0 spiro atoms. The number of anilines is 4. The molecule has 2 heterocycles. The quantitative estimate of drug-likeness (QED) is 0.161. The Morgan fingerprint density at radius 2 is 0.727 bits per heavy atom. The number of nitrogens with one attached hydrogen (secondary N) is 2. The number of halogens is 3. The third-order valence-electron chi connectivity index (χ3n) is 5.56. The van der Waals surface area contributed by atoms with Gasteiger partial charge in [-0.05, 0) is 47.8 Å². The Morgan fingerprint density at radius 3 is 1.07 bits per heavy atom. The minimum atomic E-state index is -2.18. The molecule has 4 aromatic carbocycles. The molecule has 0 aliphatic carbocycles. The summed E-state index contributed by atoms with van der Waals surface area (Å²) in [4.78, 5) is 8.97. The average molecular weight is 808 g/mol. The number of nitrogens with zero attached hydrogens (tertiary/aromatic N) is 4. The SMILES string of the molecule is [Cl][Ta]([Cl])[Cl].c1ccc([N-]c2cccc(Nc3ccccc3)n2)cc1.c1ccc([N-]c2cccc(Nc3ccccc3)n2)cc1. The standard InChI is InChI=1S/2C17H14N3.3ClH.Ta/c2*1-3-8-14(9-4-1)18-16-12-7-13-17(20-16)19-15-10-5-2-6-11-15;;;;/h2*1-13H,(H-,18,19,20);3*1H;/q2*-1;;;;+3/p-3. The van der Waals surface area contributed by atoms with Crippen LogP contribution in [0.25, 0.3) is 10.6 Å². The summed E-state index contributed by atoms with van der Waals surface area (Å²) in [6, 6.07) is 51.1. The van der Waals surface area contributed by atoms with Crippen molar-refractivity contribution < 1.29 is 15.2 Å². The molecule has 6 nitrogen and oxygen atoms in total. The maximum absolute atomic E-state index is 5.01. The minimum absolute atomic E-state index is 0.692. The van der Waals surface area contributed by atoms with E-state index in [9.17, 15) is 0 Å². The van der Waals surface area contributed by atoms with E-state index in [0.29, 0.717) is 11.6 Å². The normalized spacial score (nSPS) is 9.91. The van der Waals surface area contributed by atoms with Crippen molar-refractivity contribution in [2.45, 2.75) is 0 Å². The van der Waals surface area contributed by atoms with Crippen LogP contribution in [0.15, 0.2) is 158 Å². The molecule has 222 valence electrons. The van der Waals surface area contributed by atoms with E-state index >= 15 is 0 Å². The molecule has 0 saturated carbocycles. The van der Waals surface area contributed by atoms with Crippen molar-refractivity contribution >= 4 is 73.6 Å². The molecule has 6 rings (SSSR count). The van der Waals surface area contributed by atoms with Crippen LogP contribution in [0.1, 0.15) is 0 Å². The molecule has 0 amide bonds. The summed E-state index contributed by atoms with van der Waals surface area (Å²) < 4.78 is 0. The van der Waals surface area contributed by atoms with Crippen LogP contribution >= 0.6 is 27.6 Å². The van der Waals surface area contributed by atoms with E-state index in [1.165, 1.54) is 0 Å². The summed E-state index contributed by atoms with van der Waals surface area (Å²) in [5.41, 5.74) is 3.82. The van der Waals surface area contributed by atoms with Gasteiger partial charge in [0.15, 0.2) is 0 Å². The van der Waals surface area contributed by atoms with Gasteiger partial charge >= 0.3 is 42.8 Å². The van der Waals surface area contributed by atoms with Gasteiger partial charge in [-0.1, -0.05) is 133 Å². The van der Waals surface area contributed by atoms with Gasteiger partial charge in [-0.25, -0.2) is 0 Å². The number of para-hydroxylation sites is 4. The summed E-state index contributed by atoms with van der Waals surface area (Å²) in [6.45, 7) is 0. The predicted molar refractivity (Wildman–Crippen MR) is 184 cm³/mol. The van der Waals surface area contributed by atoms with E-state index in [-0.39, 0.29) is 0 Å². The summed E-state index contributed by atoms with van der Waals surface area (Å²) in [7, 11) is 15.0. The third-order valence-corrected chi connectivity index (χ3v) is 5.56. The van der Waals surface area contributed by atoms with Crippen LogP contribution in [0.3, 0.4) is 0 Å². The van der Waals surface area contributed by atoms with Crippen LogP contribution < -0.4 is 10.6 Å². The van der Waals surface area contributed by atoms with Gasteiger partial charge < -0.3 is 31.2 Å². The number of benzene rings is 4. The van der Waals surface area contributed by atoms with Crippen LogP contribution in [0.4, 0.5) is 46.0 Å². The number of pyridine rings is 2. The molecule has 0 fully saturated rings. The Morgan fingerprint density at radius 1 is 0.409 bits per heavy atom. The largest absolute Gasteiger partial charge is 0.436 e. The Balaban J connectivity index is 0.000000179. The molecule has 0 radical (unpaired) electrons. The first-order valence-corrected chi connectivity index (χ1v) is 25.4. The zero-order valence-electron chi connectivity index (χ0n) is 23.4. The molecule has 44 heavy (non-hydrogen) atoms. The van der Waals surface area contributed by atoms with Crippen LogP contribution in [0.2, 0.25) is 0 Å². The molecule has 0 atom stereocenters. The Kier molecular flexibility index (Phi) is 13.9. The van der Waals surface area contributed by atoms with Gasteiger partial charge in [-0.2, -0.15) is 0 Å². The molecule has 0 aliphatic heterocycles. The fourth-order valence-electron chi connectivity index (χ4n) is 3.72. The van der Waals surface area contributed by atoms with Crippen molar-refractivity contribution in [3.63, 3.8) is 0 Å². The van der Waals surface area contributed by atoms with Gasteiger partial charge in [-0.3, -0.25) is 0 Å². The Hall–Kier alpha value is -4.01. The first-order valence-electron chi connectivity index (χ1n) is 13.4. The van der Waals surface area contributed by atoms with Crippen LogP contribution in [0, 0.1) is 0 Å². The van der Waals surface area contributed by atoms with E-state index in [4.69, 9.17) is 27.6 Å². The van der Waals surface area contributed by atoms with Crippen LogP contribution in [0.5, 0.6) is 0 Å². The number of rotatable bonds is 8. The Labute approximate surface area is 276 Å². The smallest absolute Gasteiger partial charge is 0.0381 e. The zero-order chi connectivity index (χ0) is 30.8. The summed E-state index contributed by atoms with van der Waals surface area (Å²) in [5, 5.41) is 15.5. The van der Waals surface area contributed by atoms with Crippen LogP contribution in [-0.2, 0) is 15.2 Å². The van der Waals surface area contributed by atoms with Crippen molar-refractivity contribution in [3.8, 4) is 0 Å². The molecule has 0 unspecified atom stereocenters. The molecule has 0 saturated heterocycles. The molecular formula is C34H28Cl3N6Ta-2. The van der Waals surface area contributed by atoms with Crippen molar-refractivity contribution in [2.75, 3.05) is 10.6 Å². The third kappa shape index (κ3) is 12.7. The monoisotopic (exact) mass is 806 g/mol. The summed E-state index contributed by atoms with van der Waals surface area (Å²) in [6.07, 6.45) is 0. The molecule has 2 aromatic heterocycles. The Bertz CT molecular complexity index is 1410. The van der Waals surface area contributed by atoms with E-state index < -0.39 is 15.2 Å². The second-order valence-electron chi connectivity index (χ2n) is 8.83. The second kappa shape index (κ2) is 18.6. The number of aromatic nitrogens is 2. The first kappa shape index (κ1) is 32.9. The maximum atomic E-state index is 5.01. The van der Waals surface area contributed by atoms with Crippen molar-refractivity contribution in [2.24, 2.45) is 0 Å². The molecule has 0 aliphatic rings. The van der Waals surface area contributed by atoms with Gasteiger partial charge in [0, 0.05) is 23.0 Å². The first-order chi connectivity index (χ1) is 21.5. The average Bonchev–Trinajstić information content (AvgIpc) is 3.04.